The predicted molar refractivity (Wildman–Crippen MR) is 68.8 cm³/mol. The molecule has 0 aliphatic carbocycles. The second-order valence-electron chi connectivity index (χ2n) is 4.78. The quantitative estimate of drug-likeness (QED) is 0.682. The Balaban J connectivity index is 2.30. The fourth-order valence-electron chi connectivity index (χ4n) is 1.25. The lowest BCUT2D eigenvalue weighted by Crippen LogP contribution is -2.16. The highest BCUT2D eigenvalue weighted by Crippen LogP contribution is 2.11. The number of anilines is 1. The van der Waals surface area contributed by atoms with Gasteiger partial charge in [0, 0.05) is 6.54 Å². The van der Waals surface area contributed by atoms with Crippen molar-refractivity contribution in [1.82, 2.24) is 15.5 Å². The molecule has 1 unspecified atom stereocenters. The molecule has 0 spiro atoms. The number of nitrogens with zero attached hydrogens (tertiary/aromatic N) is 2. The molecular formula is C12H24N4O. The summed E-state index contributed by atoms with van der Waals surface area (Å²) in [5.41, 5.74) is 0. The van der Waals surface area contributed by atoms with Crippen LogP contribution in [0.25, 0.3) is 0 Å². The summed E-state index contributed by atoms with van der Waals surface area (Å²) in [4.78, 5) is 0. The Morgan fingerprint density at radius 3 is 2.65 bits per heavy atom. The molecule has 1 aromatic heterocycles. The maximum atomic E-state index is 5.46. The number of aromatic nitrogens is 2. The Kier molecular flexibility index (Phi) is 5.97. The summed E-state index contributed by atoms with van der Waals surface area (Å²) < 4.78 is 5.46. The molecule has 1 rings (SSSR count). The Morgan fingerprint density at radius 1 is 1.24 bits per heavy atom. The summed E-state index contributed by atoms with van der Waals surface area (Å²) in [5, 5.41) is 14.3. The molecule has 0 aliphatic heterocycles. The van der Waals surface area contributed by atoms with E-state index >= 15 is 0 Å². The summed E-state index contributed by atoms with van der Waals surface area (Å²) in [5.74, 6) is 1.87. The molecule has 0 fully saturated rings. The van der Waals surface area contributed by atoms with Crippen LogP contribution in [0.3, 0.4) is 0 Å². The van der Waals surface area contributed by atoms with Crippen LogP contribution in [0.5, 0.6) is 0 Å². The zero-order valence-corrected chi connectivity index (χ0v) is 11.3. The molecule has 0 bridgehead atoms. The van der Waals surface area contributed by atoms with Crippen molar-refractivity contribution in [2.75, 3.05) is 18.4 Å². The van der Waals surface area contributed by atoms with Crippen LogP contribution in [0.4, 0.5) is 6.01 Å². The molecule has 17 heavy (non-hydrogen) atoms. The minimum Gasteiger partial charge on any atom is -0.407 e. The molecular weight excluding hydrogens is 216 g/mol. The molecule has 0 aliphatic rings. The maximum Gasteiger partial charge on any atom is 0.315 e. The van der Waals surface area contributed by atoms with E-state index in [-0.39, 0.29) is 0 Å². The number of hydrogen-bond donors (Lipinski definition) is 2. The molecule has 5 nitrogen and oxygen atoms in total. The maximum absolute atomic E-state index is 5.46. The van der Waals surface area contributed by atoms with Crippen LogP contribution < -0.4 is 10.6 Å². The van der Waals surface area contributed by atoms with Gasteiger partial charge in [-0.15, -0.1) is 5.10 Å². The number of rotatable bonds is 8. The van der Waals surface area contributed by atoms with Gasteiger partial charge in [-0.3, -0.25) is 0 Å². The first-order valence-corrected chi connectivity index (χ1v) is 6.40. The summed E-state index contributed by atoms with van der Waals surface area (Å²) in [6.45, 7) is 11.2. The van der Waals surface area contributed by atoms with Gasteiger partial charge in [-0.05, 0) is 24.8 Å². The van der Waals surface area contributed by atoms with Crippen molar-refractivity contribution in [2.45, 2.75) is 40.7 Å². The van der Waals surface area contributed by atoms with Gasteiger partial charge in [0.25, 0.3) is 0 Å². The van der Waals surface area contributed by atoms with Crippen molar-refractivity contribution in [3.63, 3.8) is 0 Å². The minimum atomic E-state index is 0.519. The molecule has 1 aromatic rings. The van der Waals surface area contributed by atoms with E-state index in [1.807, 2.05) is 0 Å². The Hall–Kier alpha value is -1.10. The summed E-state index contributed by atoms with van der Waals surface area (Å²) >= 11 is 0. The largest absolute Gasteiger partial charge is 0.407 e. The first kappa shape index (κ1) is 14.0. The fraction of sp³-hybridized carbons (Fsp3) is 0.833. The zero-order valence-electron chi connectivity index (χ0n) is 11.3. The zero-order chi connectivity index (χ0) is 12.7. The van der Waals surface area contributed by atoms with Crippen molar-refractivity contribution in [2.24, 2.45) is 11.8 Å². The van der Waals surface area contributed by atoms with E-state index in [0.717, 1.165) is 19.5 Å². The third kappa shape index (κ3) is 5.17. The van der Waals surface area contributed by atoms with E-state index in [1.54, 1.807) is 0 Å². The van der Waals surface area contributed by atoms with Crippen LogP contribution in [0, 0.1) is 11.8 Å². The van der Waals surface area contributed by atoms with Gasteiger partial charge >= 0.3 is 6.01 Å². The van der Waals surface area contributed by atoms with Crippen LogP contribution in [0.15, 0.2) is 4.42 Å². The second kappa shape index (κ2) is 7.27. The lowest BCUT2D eigenvalue weighted by molar-refractivity contribution is 0.428. The molecule has 98 valence electrons. The predicted octanol–water partition coefficient (Wildman–Crippen LogP) is 2.27. The van der Waals surface area contributed by atoms with Gasteiger partial charge in [-0.2, -0.15) is 0 Å². The van der Waals surface area contributed by atoms with E-state index in [2.05, 4.69) is 48.5 Å². The first-order valence-electron chi connectivity index (χ1n) is 6.40. The lowest BCUT2D eigenvalue weighted by Gasteiger charge is -2.14. The van der Waals surface area contributed by atoms with Gasteiger partial charge in [0.2, 0.25) is 5.89 Å². The highest BCUT2D eigenvalue weighted by Gasteiger charge is 2.09. The molecule has 0 aromatic carbocycles. The summed E-state index contributed by atoms with van der Waals surface area (Å²) in [7, 11) is 0. The highest BCUT2D eigenvalue weighted by molar-refractivity contribution is 5.16. The third-order valence-electron chi connectivity index (χ3n) is 2.88. The minimum absolute atomic E-state index is 0.519. The van der Waals surface area contributed by atoms with E-state index in [0.29, 0.717) is 30.3 Å². The van der Waals surface area contributed by atoms with Crippen LogP contribution in [0.1, 0.15) is 40.0 Å². The van der Waals surface area contributed by atoms with E-state index in [9.17, 15) is 0 Å². The molecule has 0 amide bonds. The SMILES string of the molecule is CCCNCc1nnc(NCC(C)C(C)C)o1. The van der Waals surface area contributed by atoms with Gasteiger partial charge in [0.15, 0.2) is 0 Å². The lowest BCUT2D eigenvalue weighted by atomic mass is 9.98. The van der Waals surface area contributed by atoms with E-state index < -0.39 is 0 Å². The Bertz CT molecular complexity index is 311. The summed E-state index contributed by atoms with van der Waals surface area (Å²) in [6.07, 6.45) is 1.10. The molecule has 0 saturated carbocycles. The van der Waals surface area contributed by atoms with Crippen molar-refractivity contribution < 1.29 is 4.42 Å². The molecule has 0 saturated heterocycles. The molecule has 2 N–H and O–H groups in total. The van der Waals surface area contributed by atoms with Crippen LogP contribution in [-0.4, -0.2) is 23.3 Å². The molecule has 1 atom stereocenters. The van der Waals surface area contributed by atoms with Crippen LogP contribution in [0.2, 0.25) is 0 Å². The van der Waals surface area contributed by atoms with Crippen molar-refractivity contribution in [3.05, 3.63) is 5.89 Å². The van der Waals surface area contributed by atoms with Crippen LogP contribution >= 0.6 is 0 Å². The van der Waals surface area contributed by atoms with E-state index in [1.165, 1.54) is 0 Å². The normalized spacial score (nSPS) is 13.0. The standard InChI is InChI=1S/C12H24N4O/c1-5-6-13-8-11-15-16-12(17-11)14-7-10(4)9(2)3/h9-10,13H,5-8H2,1-4H3,(H,14,16). The van der Waals surface area contributed by atoms with Gasteiger partial charge in [-0.1, -0.05) is 32.8 Å². The summed E-state index contributed by atoms with van der Waals surface area (Å²) in [6, 6.07) is 0.519. The molecule has 0 radical (unpaired) electrons. The van der Waals surface area contributed by atoms with E-state index in [4.69, 9.17) is 4.42 Å². The van der Waals surface area contributed by atoms with Crippen molar-refractivity contribution >= 4 is 6.01 Å². The molecule has 1 heterocycles. The van der Waals surface area contributed by atoms with Crippen molar-refractivity contribution in [3.8, 4) is 0 Å². The van der Waals surface area contributed by atoms with Gasteiger partial charge in [0.1, 0.15) is 0 Å². The average molecular weight is 240 g/mol. The second-order valence-corrected chi connectivity index (χ2v) is 4.78. The average Bonchev–Trinajstić information content (AvgIpc) is 2.74. The van der Waals surface area contributed by atoms with Gasteiger partial charge in [-0.25, -0.2) is 0 Å². The van der Waals surface area contributed by atoms with Crippen molar-refractivity contribution in [1.29, 1.82) is 0 Å². The molecule has 5 heteroatoms. The Labute approximate surface area is 103 Å². The third-order valence-corrected chi connectivity index (χ3v) is 2.88. The first-order chi connectivity index (χ1) is 8.13. The fourth-order valence-corrected chi connectivity index (χ4v) is 1.25. The highest BCUT2D eigenvalue weighted by atomic mass is 16.4. The van der Waals surface area contributed by atoms with Crippen LogP contribution in [-0.2, 0) is 6.54 Å². The number of hydrogen-bond acceptors (Lipinski definition) is 5. The topological polar surface area (TPSA) is 63.0 Å². The smallest absolute Gasteiger partial charge is 0.315 e. The monoisotopic (exact) mass is 240 g/mol. The van der Waals surface area contributed by atoms with Gasteiger partial charge < -0.3 is 15.1 Å². The van der Waals surface area contributed by atoms with Gasteiger partial charge in [0.05, 0.1) is 6.54 Å². The number of nitrogens with one attached hydrogen (secondary N) is 2. The Morgan fingerprint density at radius 2 is 2.00 bits per heavy atom.